The zero-order valence-corrected chi connectivity index (χ0v) is 9.93. The Labute approximate surface area is 106 Å². The van der Waals surface area contributed by atoms with Crippen LogP contribution in [-0.4, -0.2) is 20.7 Å². The minimum atomic E-state index is -1.03. The van der Waals surface area contributed by atoms with Gasteiger partial charge in [-0.25, -0.2) is 18.6 Å². The third-order valence-corrected chi connectivity index (χ3v) is 2.44. The van der Waals surface area contributed by atoms with Gasteiger partial charge in [0, 0.05) is 13.1 Å². The van der Waals surface area contributed by atoms with Crippen LogP contribution in [-0.2, 0) is 18.4 Å². The second-order valence-corrected chi connectivity index (χ2v) is 3.73. The van der Waals surface area contributed by atoms with E-state index in [-0.39, 0.29) is 12.3 Å². The molecule has 1 aromatic carbocycles. The highest BCUT2D eigenvalue weighted by Crippen LogP contribution is 2.17. The standard InChI is InChI=1S/C11H10F2N4O2/c1-17-10(15-5-16-17)4-19-11(18)6-2-9(14)8(13)3-7(6)12/h2-3,5H,4,14H2,1H3. The van der Waals surface area contributed by atoms with Gasteiger partial charge >= 0.3 is 5.97 Å². The largest absolute Gasteiger partial charge is 0.454 e. The zero-order chi connectivity index (χ0) is 14.0. The van der Waals surface area contributed by atoms with Crippen molar-refractivity contribution in [2.75, 3.05) is 5.73 Å². The fraction of sp³-hybridized carbons (Fsp3) is 0.182. The summed E-state index contributed by atoms with van der Waals surface area (Å²) in [5.41, 5.74) is 4.51. The Morgan fingerprint density at radius 1 is 1.42 bits per heavy atom. The third kappa shape index (κ3) is 2.67. The number of carbonyl (C=O) groups excluding carboxylic acids is 1. The summed E-state index contributed by atoms with van der Waals surface area (Å²) in [4.78, 5) is 15.5. The molecule has 8 heteroatoms. The average Bonchev–Trinajstić information content (AvgIpc) is 2.76. The van der Waals surface area contributed by atoms with E-state index in [9.17, 15) is 13.6 Å². The number of rotatable bonds is 3. The average molecular weight is 268 g/mol. The smallest absolute Gasteiger partial charge is 0.341 e. The van der Waals surface area contributed by atoms with Crippen molar-refractivity contribution in [2.45, 2.75) is 6.61 Å². The predicted octanol–water partition coefficient (Wildman–Crippen LogP) is 1.03. The van der Waals surface area contributed by atoms with Crippen LogP contribution >= 0.6 is 0 Å². The molecule has 0 saturated carbocycles. The van der Waals surface area contributed by atoms with Crippen LogP contribution in [0.3, 0.4) is 0 Å². The number of nitrogen functional groups attached to an aromatic ring is 1. The zero-order valence-electron chi connectivity index (χ0n) is 9.93. The molecule has 0 aliphatic carbocycles. The van der Waals surface area contributed by atoms with Gasteiger partial charge in [-0.15, -0.1) is 0 Å². The third-order valence-electron chi connectivity index (χ3n) is 2.44. The van der Waals surface area contributed by atoms with Crippen molar-refractivity contribution in [2.24, 2.45) is 7.05 Å². The van der Waals surface area contributed by atoms with Crippen LogP contribution in [0.2, 0.25) is 0 Å². The van der Waals surface area contributed by atoms with Gasteiger partial charge in [-0.3, -0.25) is 4.68 Å². The van der Waals surface area contributed by atoms with Crippen molar-refractivity contribution in [1.29, 1.82) is 0 Å². The van der Waals surface area contributed by atoms with E-state index in [2.05, 4.69) is 10.1 Å². The van der Waals surface area contributed by atoms with Crippen molar-refractivity contribution in [1.82, 2.24) is 14.8 Å². The van der Waals surface area contributed by atoms with Gasteiger partial charge in [0.15, 0.2) is 12.4 Å². The number of esters is 1. The first-order valence-corrected chi connectivity index (χ1v) is 5.23. The first kappa shape index (κ1) is 12.9. The van der Waals surface area contributed by atoms with Gasteiger partial charge in [-0.1, -0.05) is 0 Å². The molecule has 1 heterocycles. The van der Waals surface area contributed by atoms with Gasteiger partial charge in [0.1, 0.15) is 18.0 Å². The Morgan fingerprint density at radius 3 is 2.79 bits per heavy atom. The lowest BCUT2D eigenvalue weighted by atomic mass is 10.2. The molecule has 6 nitrogen and oxygen atoms in total. The lowest BCUT2D eigenvalue weighted by molar-refractivity contribution is 0.0452. The number of nitrogens with two attached hydrogens (primary N) is 1. The minimum Gasteiger partial charge on any atom is -0.454 e. The Morgan fingerprint density at radius 2 is 2.16 bits per heavy atom. The number of hydrogen-bond acceptors (Lipinski definition) is 5. The van der Waals surface area contributed by atoms with E-state index in [1.807, 2.05) is 0 Å². The summed E-state index contributed by atoms with van der Waals surface area (Å²) in [7, 11) is 1.62. The fourth-order valence-corrected chi connectivity index (χ4v) is 1.38. The molecule has 0 atom stereocenters. The van der Waals surface area contributed by atoms with E-state index in [0.29, 0.717) is 11.9 Å². The molecule has 2 aromatic rings. The van der Waals surface area contributed by atoms with Crippen LogP contribution in [0.25, 0.3) is 0 Å². The number of halogens is 2. The number of carbonyl (C=O) groups is 1. The van der Waals surface area contributed by atoms with Crippen molar-refractivity contribution in [3.8, 4) is 0 Å². The molecule has 0 amide bonds. The van der Waals surface area contributed by atoms with Gasteiger partial charge in [-0.2, -0.15) is 5.10 Å². The summed E-state index contributed by atoms with van der Waals surface area (Å²) in [5, 5.41) is 3.78. The lowest BCUT2D eigenvalue weighted by Crippen LogP contribution is -2.11. The van der Waals surface area contributed by atoms with Gasteiger partial charge in [-0.05, 0) is 6.07 Å². The molecule has 0 radical (unpaired) electrons. The fourth-order valence-electron chi connectivity index (χ4n) is 1.38. The summed E-state index contributed by atoms with van der Waals surface area (Å²) < 4.78 is 32.6. The van der Waals surface area contributed by atoms with Crippen LogP contribution < -0.4 is 5.73 Å². The van der Waals surface area contributed by atoms with Crippen molar-refractivity contribution in [3.05, 3.63) is 41.5 Å². The van der Waals surface area contributed by atoms with Gasteiger partial charge in [0.05, 0.1) is 11.3 Å². The maximum atomic E-state index is 13.4. The molecule has 0 unspecified atom stereocenters. The highest BCUT2D eigenvalue weighted by Gasteiger charge is 2.17. The molecule has 0 spiro atoms. The number of aromatic nitrogens is 3. The Kier molecular flexibility index (Phi) is 3.41. The minimum absolute atomic E-state index is 0.175. The molecular formula is C11H10F2N4O2. The molecule has 2 N–H and O–H groups in total. The topological polar surface area (TPSA) is 83.0 Å². The number of ether oxygens (including phenoxy) is 1. The second-order valence-electron chi connectivity index (χ2n) is 3.73. The van der Waals surface area contributed by atoms with Gasteiger partial charge < -0.3 is 10.5 Å². The number of aryl methyl sites for hydroxylation is 1. The first-order valence-electron chi connectivity index (χ1n) is 5.23. The quantitative estimate of drug-likeness (QED) is 0.664. The molecule has 0 fully saturated rings. The highest BCUT2D eigenvalue weighted by atomic mass is 19.1. The molecule has 0 saturated heterocycles. The van der Waals surface area contributed by atoms with E-state index in [1.165, 1.54) is 11.0 Å². The van der Waals surface area contributed by atoms with E-state index < -0.39 is 23.2 Å². The van der Waals surface area contributed by atoms with E-state index in [4.69, 9.17) is 10.5 Å². The van der Waals surface area contributed by atoms with Crippen LogP contribution in [0.15, 0.2) is 18.5 Å². The first-order chi connectivity index (χ1) is 8.99. The summed E-state index contributed by atoms with van der Waals surface area (Å²) in [6.45, 7) is -0.175. The number of nitrogens with zero attached hydrogens (tertiary/aromatic N) is 3. The SMILES string of the molecule is Cn1ncnc1COC(=O)c1cc(N)c(F)cc1F. The van der Waals surface area contributed by atoms with Gasteiger partial charge in [0.25, 0.3) is 0 Å². The maximum Gasteiger partial charge on any atom is 0.341 e. The predicted molar refractivity (Wildman–Crippen MR) is 60.9 cm³/mol. The molecule has 0 bridgehead atoms. The molecule has 2 rings (SSSR count). The molecule has 19 heavy (non-hydrogen) atoms. The summed E-state index contributed by atoms with van der Waals surface area (Å²) >= 11 is 0. The summed E-state index contributed by atoms with van der Waals surface area (Å²) in [6, 6.07) is 1.43. The number of benzene rings is 1. The molecular weight excluding hydrogens is 258 g/mol. The summed E-state index contributed by atoms with van der Waals surface area (Å²) in [6.07, 6.45) is 1.29. The molecule has 0 aliphatic rings. The Hall–Kier alpha value is -2.51. The van der Waals surface area contributed by atoms with Crippen molar-refractivity contribution < 1.29 is 18.3 Å². The highest BCUT2D eigenvalue weighted by molar-refractivity contribution is 5.90. The van der Waals surface area contributed by atoms with Crippen molar-refractivity contribution in [3.63, 3.8) is 0 Å². The van der Waals surface area contributed by atoms with Crippen LogP contribution in [0.1, 0.15) is 16.2 Å². The number of anilines is 1. The number of hydrogen-bond donors (Lipinski definition) is 1. The monoisotopic (exact) mass is 268 g/mol. The van der Waals surface area contributed by atoms with E-state index in [0.717, 1.165) is 6.07 Å². The lowest BCUT2D eigenvalue weighted by Gasteiger charge is -2.06. The normalized spacial score (nSPS) is 10.5. The van der Waals surface area contributed by atoms with Crippen LogP contribution in [0.4, 0.5) is 14.5 Å². The van der Waals surface area contributed by atoms with Crippen LogP contribution in [0.5, 0.6) is 0 Å². The second kappa shape index (κ2) is 5.01. The van der Waals surface area contributed by atoms with E-state index in [1.54, 1.807) is 7.05 Å². The molecule has 1 aromatic heterocycles. The van der Waals surface area contributed by atoms with E-state index >= 15 is 0 Å². The Bertz CT molecular complexity index is 627. The maximum absolute atomic E-state index is 13.4. The molecule has 0 aliphatic heterocycles. The summed E-state index contributed by atoms with van der Waals surface area (Å²) in [5.74, 6) is -2.52. The Balaban J connectivity index is 2.12. The van der Waals surface area contributed by atoms with Crippen molar-refractivity contribution >= 4 is 11.7 Å². The molecule has 100 valence electrons. The van der Waals surface area contributed by atoms with Crippen LogP contribution in [0, 0.1) is 11.6 Å². The van der Waals surface area contributed by atoms with Gasteiger partial charge in [0.2, 0.25) is 0 Å².